The Morgan fingerprint density at radius 3 is 2.75 bits per heavy atom. The summed E-state index contributed by atoms with van der Waals surface area (Å²) in [5.74, 6) is 0.796. The summed E-state index contributed by atoms with van der Waals surface area (Å²) < 4.78 is 1.86. The molecule has 4 heterocycles. The number of hydrogen-bond donors (Lipinski definition) is 2. The van der Waals surface area contributed by atoms with E-state index in [2.05, 4.69) is 34.3 Å². The van der Waals surface area contributed by atoms with Crippen molar-refractivity contribution in [2.75, 3.05) is 18.0 Å². The van der Waals surface area contributed by atoms with E-state index < -0.39 is 12.1 Å². The Labute approximate surface area is 163 Å². The van der Waals surface area contributed by atoms with Gasteiger partial charge in [-0.1, -0.05) is 19.9 Å². The zero-order valence-corrected chi connectivity index (χ0v) is 16.2. The van der Waals surface area contributed by atoms with E-state index in [0.29, 0.717) is 30.5 Å². The van der Waals surface area contributed by atoms with Crippen LogP contribution in [0.2, 0.25) is 0 Å². The lowest BCUT2D eigenvalue weighted by Crippen LogP contribution is -2.43. The van der Waals surface area contributed by atoms with Crippen molar-refractivity contribution in [1.29, 1.82) is 0 Å². The quantitative estimate of drug-likeness (QED) is 0.713. The Kier molecular flexibility index (Phi) is 4.72. The van der Waals surface area contributed by atoms with Crippen LogP contribution in [0.25, 0.3) is 5.52 Å². The van der Waals surface area contributed by atoms with E-state index in [1.807, 2.05) is 46.7 Å². The molecule has 2 N–H and O–H groups in total. The van der Waals surface area contributed by atoms with Crippen molar-refractivity contribution in [1.82, 2.24) is 24.9 Å². The van der Waals surface area contributed by atoms with Crippen LogP contribution >= 0.6 is 0 Å². The fourth-order valence-electron chi connectivity index (χ4n) is 3.45. The number of carbonyl (C=O) groups excluding carboxylic acids is 1. The minimum Gasteiger partial charge on any atom is -0.389 e. The number of amides is 1. The van der Waals surface area contributed by atoms with Crippen molar-refractivity contribution in [2.45, 2.75) is 38.8 Å². The molecule has 1 aliphatic heterocycles. The monoisotopic (exact) mass is 380 g/mol. The molecule has 0 bridgehead atoms. The van der Waals surface area contributed by atoms with Crippen LogP contribution in [0, 0.1) is 6.92 Å². The number of aliphatic hydroxyl groups excluding tert-OH is 1. The lowest BCUT2D eigenvalue weighted by atomic mass is 10.1. The van der Waals surface area contributed by atoms with Gasteiger partial charge in [0.2, 0.25) is 0 Å². The van der Waals surface area contributed by atoms with Crippen molar-refractivity contribution in [3.05, 3.63) is 53.7 Å². The lowest BCUT2D eigenvalue weighted by Gasteiger charge is -2.17. The topological polar surface area (TPSA) is 95.7 Å². The van der Waals surface area contributed by atoms with Gasteiger partial charge < -0.3 is 19.7 Å². The van der Waals surface area contributed by atoms with Crippen LogP contribution in [0.5, 0.6) is 0 Å². The average molecular weight is 380 g/mol. The fourth-order valence-corrected chi connectivity index (χ4v) is 3.45. The average Bonchev–Trinajstić information content (AvgIpc) is 3.25. The van der Waals surface area contributed by atoms with Crippen LogP contribution in [-0.4, -0.2) is 55.8 Å². The summed E-state index contributed by atoms with van der Waals surface area (Å²) in [6.07, 6.45) is 2.95. The third kappa shape index (κ3) is 3.43. The number of β-amino-alcohol motifs (C(OH)–C–C–N with tert-alkyl or cyclic N) is 1. The summed E-state index contributed by atoms with van der Waals surface area (Å²) in [6, 6.07) is 7.27. The van der Waals surface area contributed by atoms with Crippen molar-refractivity contribution >= 4 is 17.2 Å². The summed E-state index contributed by atoms with van der Waals surface area (Å²) in [5, 5.41) is 21.5. The first-order valence-electron chi connectivity index (χ1n) is 9.43. The van der Waals surface area contributed by atoms with E-state index in [4.69, 9.17) is 0 Å². The van der Waals surface area contributed by atoms with E-state index in [0.717, 1.165) is 11.2 Å². The SMILES string of the molecule is Cc1ccc(N2C[C@@H](O)[C@@H](NC(=O)c3ncn4cc(C(C)C)ccc34)C2)nn1. The Bertz CT molecular complexity index is 998. The highest BCUT2D eigenvalue weighted by Crippen LogP contribution is 2.20. The summed E-state index contributed by atoms with van der Waals surface area (Å²) in [4.78, 5) is 19.0. The van der Waals surface area contributed by atoms with Gasteiger partial charge in [0.15, 0.2) is 11.5 Å². The first kappa shape index (κ1) is 18.4. The zero-order valence-electron chi connectivity index (χ0n) is 16.2. The van der Waals surface area contributed by atoms with Crippen molar-refractivity contribution in [3.8, 4) is 0 Å². The van der Waals surface area contributed by atoms with Crippen LogP contribution < -0.4 is 10.2 Å². The maximum atomic E-state index is 12.8. The number of hydrogen-bond acceptors (Lipinski definition) is 6. The molecule has 8 heteroatoms. The number of rotatable bonds is 4. The molecule has 146 valence electrons. The summed E-state index contributed by atoms with van der Waals surface area (Å²) in [5.41, 5.74) is 3.12. The Morgan fingerprint density at radius 2 is 2.04 bits per heavy atom. The first-order chi connectivity index (χ1) is 13.4. The maximum absolute atomic E-state index is 12.8. The maximum Gasteiger partial charge on any atom is 0.272 e. The lowest BCUT2D eigenvalue weighted by molar-refractivity contribution is 0.0886. The van der Waals surface area contributed by atoms with Gasteiger partial charge in [-0.05, 0) is 36.6 Å². The van der Waals surface area contributed by atoms with Crippen LogP contribution in [0.3, 0.4) is 0 Å². The highest BCUT2D eigenvalue weighted by Gasteiger charge is 2.34. The molecule has 1 aliphatic rings. The second-order valence-electron chi connectivity index (χ2n) is 7.59. The third-order valence-corrected chi connectivity index (χ3v) is 5.15. The molecule has 0 spiro atoms. The molecule has 3 aromatic heterocycles. The predicted molar refractivity (Wildman–Crippen MR) is 106 cm³/mol. The van der Waals surface area contributed by atoms with Gasteiger partial charge in [0.25, 0.3) is 5.91 Å². The largest absolute Gasteiger partial charge is 0.389 e. The molecule has 1 saturated heterocycles. The molecule has 0 radical (unpaired) electrons. The molecule has 3 aromatic rings. The van der Waals surface area contributed by atoms with Crippen LogP contribution in [0.1, 0.15) is 41.5 Å². The highest BCUT2D eigenvalue weighted by atomic mass is 16.3. The summed E-state index contributed by atoms with van der Waals surface area (Å²) in [6.45, 7) is 6.98. The second-order valence-corrected chi connectivity index (χ2v) is 7.59. The van der Waals surface area contributed by atoms with E-state index in [-0.39, 0.29) is 5.91 Å². The van der Waals surface area contributed by atoms with Gasteiger partial charge in [-0.3, -0.25) is 4.79 Å². The third-order valence-electron chi connectivity index (χ3n) is 5.15. The van der Waals surface area contributed by atoms with Gasteiger partial charge in [-0.25, -0.2) is 4.98 Å². The van der Waals surface area contributed by atoms with Crippen LogP contribution in [0.15, 0.2) is 36.8 Å². The zero-order chi connectivity index (χ0) is 19.8. The molecule has 1 fully saturated rings. The minimum atomic E-state index is -0.687. The second kappa shape index (κ2) is 7.20. The molecule has 0 unspecified atom stereocenters. The number of aromatic nitrogens is 4. The van der Waals surface area contributed by atoms with Gasteiger partial charge >= 0.3 is 0 Å². The number of anilines is 1. The normalized spacial score (nSPS) is 19.5. The number of nitrogens with zero attached hydrogens (tertiary/aromatic N) is 5. The fraction of sp³-hybridized carbons (Fsp3) is 0.400. The standard InChI is InChI=1S/C20H24N6O2/c1-12(2)14-5-6-16-19(21-11-26(16)8-14)20(28)22-15-9-25(10-17(15)27)18-7-4-13(3)23-24-18/h4-8,11-12,15,17,27H,9-10H2,1-3H3,(H,22,28)/t15-,17+/m0/s1. The number of imidazole rings is 1. The Balaban J connectivity index is 1.49. The number of pyridine rings is 1. The molecular formula is C20H24N6O2. The molecule has 0 saturated carbocycles. The number of aliphatic hydroxyl groups is 1. The number of carbonyl (C=O) groups is 1. The van der Waals surface area contributed by atoms with Gasteiger partial charge in [0, 0.05) is 19.3 Å². The number of aryl methyl sites for hydroxylation is 1. The van der Waals surface area contributed by atoms with E-state index >= 15 is 0 Å². The van der Waals surface area contributed by atoms with Crippen LogP contribution in [-0.2, 0) is 0 Å². The minimum absolute atomic E-state index is 0.291. The molecule has 8 nitrogen and oxygen atoms in total. The number of nitrogens with one attached hydrogen (secondary N) is 1. The van der Waals surface area contributed by atoms with Crippen molar-refractivity contribution in [2.24, 2.45) is 0 Å². The van der Waals surface area contributed by atoms with Gasteiger partial charge in [-0.2, -0.15) is 5.10 Å². The van der Waals surface area contributed by atoms with E-state index in [9.17, 15) is 9.90 Å². The smallest absolute Gasteiger partial charge is 0.272 e. The van der Waals surface area contributed by atoms with E-state index in [1.54, 1.807) is 6.33 Å². The number of fused-ring (bicyclic) bond motifs is 1. The van der Waals surface area contributed by atoms with E-state index in [1.165, 1.54) is 5.56 Å². The molecule has 1 amide bonds. The molecule has 28 heavy (non-hydrogen) atoms. The summed E-state index contributed by atoms with van der Waals surface area (Å²) >= 11 is 0. The van der Waals surface area contributed by atoms with Gasteiger partial charge in [0.1, 0.15) is 6.33 Å². The van der Waals surface area contributed by atoms with Crippen LogP contribution in [0.4, 0.5) is 5.82 Å². The van der Waals surface area contributed by atoms with Gasteiger partial charge in [0.05, 0.1) is 23.4 Å². The molecule has 4 rings (SSSR count). The summed E-state index contributed by atoms with van der Waals surface area (Å²) in [7, 11) is 0. The molecule has 2 atom stereocenters. The van der Waals surface area contributed by atoms with Crippen molar-refractivity contribution in [3.63, 3.8) is 0 Å². The highest BCUT2D eigenvalue weighted by molar-refractivity contribution is 5.99. The predicted octanol–water partition coefficient (Wildman–Crippen LogP) is 1.54. The Hall–Kier alpha value is -3.00. The van der Waals surface area contributed by atoms with Crippen molar-refractivity contribution < 1.29 is 9.90 Å². The first-order valence-corrected chi connectivity index (χ1v) is 9.43. The molecular weight excluding hydrogens is 356 g/mol. The van der Waals surface area contributed by atoms with Gasteiger partial charge in [-0.15, -0.1) is 5.10 Å². The molecule has 0 aliphatic carbocycles. The molecule has 0 aromatic carbocycles. The Morgan fingerprint density at radius 1 is 1.21 bits per heavy atom.